The number of hydrogen-bond acceptors (Lipinski definition) is 5. The monoisotopic (exact) mass is 432 g/mol. The maximum absolute atomic E-state index is 13.4. The molecule has 2 heterocycles. The van der Waals surface area contributed by atoms with Crippen molar-refractivity contribution in [2.45, 2.75) is 13.0 Å². The van der Waals surface area contributed by atoms with Crippen molar-refractivity contribution in [3.8, 4) is 5.75 Å². The van der Waals surface area contributed by atoms with Gasteiger partial charge in [-0.15, -0.1) is 11.3 Å². The molecule has 1 aromatic heterocycles. The van der Waals surface area contributed by atoms with Crippen molar-refractivity contribution in [3.63, 3.8) is 0 Å². The van der Waals surface area contributed by atoms with Crippen molar-refractivity contribution < 1.29 is 14.3 Å². The predicted octanol–water partition coefficient (Wildman–Crippen LogP) is 4.21. The number of methoxy groups -OCH3 is 1. The summed E-state index contributed by atoms with van der Waals surface area (Å²) in [4.78, 5) is 30.8. The van der Waals surface area contributed by atoms with Crippen LogP contribution in [0.3, 0.4) is 0 Å². The van der Waals surface area contributed by atoms with Crippen LogP contribution in [0.1, 0.15) is 16.0 Å². The molecule has 0 unspecified atom stereocenters. The molecule has 1 aliphatic heterocycles. The molecule has 0 radical (unpaired) electrons. The molecule has 5 nitrogen and oxygen atoms in total. The number of benzene rings is 2. The molecule has 0 spiro atoms. The van der Waals surface area contributed by atoms with Gasteiger partial charge in [-0.25, -0.2) is 0 Å². The summed E-state index contributed by atoms with van der Waals surface area (Å²) in [6.45, 7) is 0.887. The molecule has 0 fully saturated rings. The average molecular weight is 433 g/mol. The summed E-state index contributed by atoms with van der Waals surface area (Å²) in [7, 11) is 3.50. The Hall–Kier alpha value is -3.38. The molecule has 4 rings (SSSR count). The first-order chi connectivity index (χ1) is 15.1. The maximum Gasteiger partial charge on any atom is 0.277 e. The molecule has 0 atom stereocenters. The van der Waals surface area contributed by atoms with Crippen molar-refractivity contribution in [1.82, 2.24) is 9.80 Å². The summed E-state index contributed by atoms with van der Waals surface area (Å²) in [6, 6.07) is 21.4. The number of ether oxygens (including phenoxy) is 1. The Morgan fingerprint density at radius 2 is 1.65 bits per heavy atom. The summed E-state index contributed by atoms with van der Waals surface area (Å²) in [5.41, 5.74) is 3.09. The van der Waals surface area contributed by atoms with E-state index < -0.39 is 0 Å². The molecule has 0 bridgehead atoms. The molecule has 2 amide bonds. The molecule has 0 N–H and O–H groups in total. The van der Waals surface area contributed by atoms with E-state index in [4.69, 9.17) is 4.74 Å². The molecule has 31 heavy (non-hydrogen) atoms. The number of imide groups is 1. The minimum atomic E-state index is -0.236. The van der Waals surface area contributed by atoms with Crippen LogP contribution < -0.4 is 4.74 Å². The van der Waals surface area contributed by atoms with E-state index in [-0.39, 0.29) is 11.8 Å². The van der Waals surface area contributed by atoms with Crippen LogP contribution in [0.15, 0.2) is 77.8 Å². The van der Waals surface area contributed by atoms with Crippen LogP contribution >= 0.6 is 11.3 Å². The van der Waals surface area contributed by atoms with Crippen molar-refractivity contribution in [3.05, 3.63) is 93.8 Å². The molecule has 0 aliphatic carbocycles. The number of likely N-dealkylation sites (N-methyl/N-ethyl adjacent to an activating group) is 1. The molecule has 1 aliphatic rings. The fourth-order valence-electron chi connectivity index (χ4n) is 3.73. The van der Waals surface area contributed by atoms with Crippen molar-refractivity contribution in [2.24, 2.45) is 0 Å². The van der Waals surface area contributed by atoms with Crippen LogP contribution in [0.4, 0.5) is 0 Å². The highest BCUT2D eigenvalue weighted by molar-refractivity contribution is 7.11. The van der Waals surface area contributed by atoms with Gasteiger partial charge < -0.3 is 9.64 Å². The highest BCUT2D eigenvalue weighted by Crippen LogP contribution is 2.34. The smallest absolute Gasteiger partial charge is 0.277 e. The third-order valence-corrected chi connectivity index (χ3v) is 6.23. The second kappa shape index (κ2) is 9.18. The summed E-state index contributed by atoms with van der Waals surface area (Å²) >= 11 is 1.48. The van der Waals surface area contributed by atoms with Crippen LogP contribution in [0.2, 0.25) is 0 Å². The second-order valence-corrected chi connectivity index (χ2v) is 8.35. The Balaban J connectivity index is 1.58. The highest BCUT2D eigenvalue weighted by atomic mass is 32.1. The van der Waals surface area contributed by atoms with Gasteiger partial charge in [-0.1, -0.05) is 48.5 Å². The topological polar surface area (TPSA) is 49.9 Å². The zero-order chi connectivity index (χ0) is 21.8. The number of hydrogen-bond donors (Lipinski definition) is 0. The number of carbonyl (C=O) groups is 2. The Kier molecular flexibility index (Phi) is 6.18. The minimum Gasteiger partial charge on any atom is -0.497 e. The van der Waals surface area contributed by atoms with Gasteiger partial charge in [0.1, 0.15) is 11.4 Å². The Labute approximate surface area is 186 Å². The third kappa shape index (κ3) is 4.39. The largest absolute Gasteiger partial charge is 0.497 e. The normalized spacial score (nSPS) is 13.8. The highest BCUT2D eigenvalue weighted by Gasteiger charge is 2.40. The fraction of sp³-hybridized carbons (Fsp3) is 0.200. The summed E-state index contributed by atoms with van der Waals surface area (Å²) in [5.74, 6) is 0.319. The quantitative estimate of drug-likeness (QED) is 0.501. The first-order valence-corrected chi connectivity index (χ1v) is 11.0. The van der Waals surface area contributed by atoms with Crippen LogP contribution in [0, 0.1) is 0 Å². The molecule has 0 saturated carbocycles. The van der Waals surface area contributed by atoms with Crippen LogP contribution in [-0.2, 0) is 22.6 Å². The van der Waals surface area contributed by atoms with E-state index in [0.29, 0.717) is 30.8 Å². The lowest BCUT2D eigenvalue weighted by atomic mass is 10.1. The zero-order valence-corrected chi connectivity index (χ0v) is 18.4. The second-order valence-electron chi connectivity index (χ2n) is 7.40. The number of rotatable bonds is 8. The first-order valence-electron chi connectivity index (χ1n) is 10.1. The molecule has 3 aromatic rings. The predicted molar refractivity (Wildman–Crippen MR) is 123 cm³/mol. The van der Waals surface area contributed by atoms with Gasteiger partial charge in [0, 0.05) is 25.0 Å². The summed E-state index contributed by atoms with van der Waals surface area (Å²) < 4.78 is 5.20. The lowest BCUT2D eigenvalue weighted by Crippen LogP contribution is -2.35. The standard InChI is InChI=1S/C25H24N2O3S/c1-26(17-19-7-4-3-5-8-19)23-22(21-9-6-16-31-21)24(28)27(25(23)29)15-14-18-10-12-20(30-2)13-11-18/h3-13,16H,14-15,17H2,1-2H3. The van der Waals surface area contributed by atoms with Gasteiger partial charge >= 0.3 is 0 Å². The van der Waals surface area contributed by atoms with Gasteiger partial charge in [-0.2, -0.15) is 0 Å². The zero-order valence-electron chi connectivity index (χ0n) is 17.6. The van der Waals surface area contributed by atoms with E-state index in [1.807, 2.05) is 84.1 Å². The molecule has 0 saturated heterocycles. The number of amides is 2. The lowest BCUT2D eigenvalue weighted by Gasteiger charge is -2.21. The van der Waals surface area contributed by atoms with Gasteiger partial charge in [0.15, 0.2) is 0 Å². The summed E-state index contributed by atoms with van der Waals surface area (Å²) in [5, 5.41) is 1.93. The number of carbonyl (C=O) groups excluding carboxylic acids is 2. The van der Waals surface area contributed by atoms with E-state index in [9.17, 15) is 9.59 Å². The van der Waals surface area contributed by atoms with Gasteiger partial charge in [-0.3, -0.25) is 14.5 Å². The van der Waals surface area contributed by atoms with Gasteiger partial charge in [0.2, 0.25) is 0 Å². The van der Waals surface area contributed by atoms with Crippen LogP contribution in [-0.4, -0.2) is 42.3 Å². The molecular formula is C25H24N2O3S. The third-order valence-electron chi connectivity index (χ3n) is 5.34. The fourth-order valence-corrected chi connectivity index (χ4v) is 4.50. The van der Waals surface area contributed by atoms with E-state index in [2.05, 4.69) is 0 Å². The molecule has 2 aromatic carbocycles. The number of nitrogens with zero attached hydrogens (tertiary/aromatic N) is 2. The van der Waals surface area contributed by atoms with E-state index in [1.54, 1.807) is 7.11 Å². The van der Waals surface area contributed by atoms with Crippen LogP contribution in [0.25, 0.3) is 5.57 Å². The SMILES string of the molecule is COc1ccc(CCN2C(=O)C(c3cccs3)=C(N(C)Cc3ccccc3)C2=O)cc1. The Morgan fingerprint density at radius 3 is 2.29 bits per heavy atom. The average Bonchev–Trinajstić information content (AvgIpc) is 3.40. The van der Waals surface area contributed by atoms with Gasteiger partial charge in [0.25, 0.3) is 11.8 Å². The molecule has 158 valence electrons. The lowest BCUT2D eigenvalue weighted by molar-refractivity contribution is -0.137. The first kappa shape index (κ1) is 20.9. The molecule has 6 heteroatoms. The minimum absolute atomic E-state index is 0.226. The van der Waals surface area contributed by atoms with Crippen molar-refractivity contribution >= 4 is 28.7 Å². The maximum atomic E-state index is 13.4. The number of thiophene rings is 1. The van der Waals surface area contributed by atoms with Gasteiger partial charge in [0.05, 0.1) is 12.7 Å². The van der Waals surface area contributed by atoms with Crippen LogP contribution in [0.5, 0.6) is 5.75 Å². The van der Waals surface area contributed by atoms with E-state index in [0.717, 1.165) is 21.8 Å². The van der Waals surface area contributed by atoms with Gasteiger partial charge in [-0.05, 0) is 41.1 Å². The van der Waals surface area contributed by atoms with E-state index >= 15 is 0 Å². The van der Waals surface area contributed by atoms with Crippen molar-refractivity contribution in [1.29, 1.82) is 0 Å². The van der Waals surface area contributed by atoms with Crippen molar-refractivity contribution in [2.75, 3.05) is 20.7 Å². The summed E-state index contributed by atoms with van der Waals surface area (Å²) in [6.07, 6.45) is 0.592. The Bertz CT molecular complexity index is 1090. The Morgan fingerprint density at radius 1 is 0.903 bits per heavy atom. The molecular weight excluding hydrogens is 408 g/mol. The van der Waals surface area contributed by atoms with E-state index in [1.165, 1.54) is 16.2 Å².